The SMILES string of the molecule is C=C(C)C(CC)(CCC)CCC. The number of hydrogen-bond donors (Lipinski definition) is 0. The van der Waals surface area contributed by atoms with E-state index in [-0.39, 0.29) is 0 Å². The van der Waals surface area contributed by atoms with Crippen LogP contribution in [0.3, 0.4) is 0 Å². The fraction of sp³-hybridized carbons (Fsp3) is 0.833. The van der Waals surface area contributed by atoms with Crippen LogP contribution in [-0.4, -0.2) is 0 Å². The van der Waals surface area contributed by atoms with Crippen LogP contribution in [0.25, 0.3) is 0 Å². The van der Waals surface area contributed by atoms with Crippen LogP contribution < -0.4 is 0 Å². The second-order valence-electron chi connectivity index (χ2n) is 3.91. The molecule has 0 N–H and O–H groups in total. The van der Waals surface area contributed by atoms with Crippen molar-refractivity contribution < 1.29 is 0 Å². The van der Waals surface area contributed by atoms with E-state index < -0.39 is 0 Å². The summed E-state index contributed by atoms with van der Waals surface area (Å²) in [6.45, 7) is 13.2. The van der Waals surface area contributed by atoms with E-state index in [4.69, 9.17) is 0 Å². The lowest BCUT2D eigenvalue weighted by atomic mass is 9.72. The van der Waals surface area contributed by atoms with E-state index in [9.17, 15) is 0 Å². The summed E-state index contributed by atoms with van der Waals surface area (Å²) >= 11 is 0. The van der Waals surface area contributed by atoms with Crippen molar-refractivity contribution in [3.8, 4) is 0 Å². The molecule has 0 aliphatic carbocycles. The summed E-state index contributed by atoms with van der Waals surface area (Å²) in [5.74, 6) is 0. The molecular formula is C12H24. The van der Waals surface area contributed by atoms with Crippen LogP contribution in [0.4, 0.5) is 0 Å². The molecule has 0 aliphatic rings. The fourth-order valence-corrected chi connectivity index (χ4v) is 2.16. The van der Waals surface area contributed by atoms with E-state index in [1.807, 2.05) is 0 Å². The predicted octanol–water partition coefficient (Wildman–Crippen LogP) is 4.56. The zero-order valence-electron chi connectivity index (χ0n) is 9.24. The van der Waals surface area contributed by atoms with Crippen molar-refractivity contribution in [2.75, 3.05) is 0 Å². The van der Waals surface area contributed by atoms with Gasteiger partial charge in [-0.1, -0.05) is 45.8 Å². The van der Waals surface area contributed by atoms with Gasteiger partial charge < -0.3 is 0 Å². The molecule has 72 valence electrons. The van der Waals surface area contributed by atoms with Crippen molar-refractivity contribution in [1.82, 2.24) is 0 Å². The van der Waals surface area contributed by atoms with Gasteiger partial charge in [0.25, 0.3) is 0 Å². The second kappa shape index (κ2) is 5.40. The summed E-state index contributed by atoms with van der Waals surface area (Å²) in [5, 5.41) is 0. The van der Waals surface area contributed by atoms with E-state index in [1.54, 1.807) is 0 Å². The van der Waals surface area contributed by atoms with E-state index in [0.717, 1.165) is 0 Å². The molecule has 0 nitrogen and oxygen atoms in total. The Morgan fingerprint density at radius 1 is 1.08 bits per heavy atom. The normalized spacial score (nSPS) is 11.7. The Morgan fingerprint density at radius 3 is 1.67 bits per heavy atom. The lowest BCUT2D eigenvalue weighted by Gasteiger charge is -2.33. The van der Waals surface area contributed by atoms with Gasteiger partial charge >= 0.3 is 0 Å². The van der Waals surface area contributed by atoms with Gasteiger partial charge in [-0.3, -0.25) is 0 Å². The van der Waals surface area contributed by atoms with Gasteiger partial charge in [0.15, 0.2) is 0 Å². The molecule has 0 rings (SSSR count). The maximum absolute atomic E-state index is 4.14. The number of rotatable bonds is 6. The Morgan fingerprint density at radius 2 is 1.50 bits per heavy atom. The van der Waals surface area contributed by atoms with Gasteiger partial charge in [0.05, 0.1) is 0 Å². The minimum atomic E-state index is 0.448. The molecule has 0 fully saturated rings. The third-order valence-electron chi connectivity index (χ3n) is 3.04. The minimum absolute atomic E-state index is 0.448. The summed E-state index contributed by atoms with van der Waals surface area (Å²) in [4.78, 5) is 0. The van der Waals surface area contributed by atoms with Crippen molar-refractivity contribution in [3.63, 3.8) is 0 Å². The Balaban J connectivity index is 4.39. The largest absolute Gasteiger partial charge is 0.0996 e. The molecule has 0 radical (unpaired) electrons. The fourth-order valence-electron chi connectivity index (χ4n) is 2.16. The highest BCUT2D eigenvalue weighted by Gasteiger charge is 2.26. The molecule has 0 aromatic heterocycles. The van der Waals surface area contributed by atoms with Crippen LogP contribution in [0.5, 0.6) is 0 Å². The van der Waals surface area contributed by atoms with Crippen molar-refractivity contribution in [1.29, 1.82) is 0 Å². The highest BCUT2D eigenvalue weighted by molar-refractivity contribution is 5.06. The Kier molecular flexibility index (Phi) is 5.28. The molecule has 0 aliphatic heterocycles. The molecule has 0 aromatic carbocycles. The van der Waals surface area contributed by atoms with Crippen molar-refractivity contribution in [2.24, 2.45) is 5.41 Å². The van der Waals surface area contributed by atoms with Gasteiger partial charge in [0.2, 0.25) is 0 Å². The van der Waals surface area contributed by atoms with Crippen LogP contribution in [0.15, 0.2) is 12.2 Å². The molecule has 12 heavy (non-hydrogen) atoms. The minimum Gasteiger partial charge on any atom is -0.0996 e. The molecule has 0 aromatic rings. The molecule has 0 atom stereocenters. The van der Waals surface area contributed by atoms with Crippen LogP contribution in [0.1, 0.15) is 59.8 Å². The summed E-state index contributed by atoms with van der Waals surface area (Å²) in [5.41, 5.74) is 1.83. The average molecular weight is 168 g/mol. The average Bonchev–Trinajstić information content (AvgIpc) is 2.03. The topological polar surface area (TPSA) is 0 Å². The molecule has 0 amide bonds. The van der Waals surface area contributed by atoms with Gasteiger partial charge in [-0.15, -0.1) is 0 Å². The lowest BCUT2D eigenvalue weighted by Crippen LogP contribution is -2.20. The van der Waals surface area contributed by atoms with E-state index in [1.165, 1.54) is 37.7 Å². The van der Waals surface area contributed by atoms with Gasteiger partial charge in [-0.2, -0.15) is 0 Å². The summed E-state index contributed by atoms with van der Waals surface area (Å²) in [6.07, 6.45) is 6.44. The maximum Gasteiger partial charge on any atom is -0.00963 e. The zero-order chi connectivity index (χ0) is 9.61. The Hall–Kier alpha value is -0.260. The number of hydrogen-bond acceptors (Lipinski definition) is 0. The van der Waals surface area contributed by atoms with E-state index >= 15 is 0 Å². The first-order valence-electron chi connectivity index (χ1n) is 5.29. The quantitative estimate of drug-likeness (QED) is 0.510. The van der Waals surface area contributed by atoms with Crippen molar-refractivity contribution in [2.45, 2.75) is 59.8 Å². The summed E-state index contributed by atoms with van der Waals surface area (Å²) < 4.78 is 0. The molecule has 0 saturated heterocycles. The van der Waals surface area contributed by atoms with Gasteiger partial charge in [0, 0.05) is 0 Å². The van der Waals surface area contributed by atoms with Crippen LogP contribution >= 0.6 is 0 Å². The molecule has 0 bridgehead atoms. The Bertz CT molecular complexity index is 127. The first-order chi connectivity index (χ1) is 5.63. The van der Waals surface area contributed by atoms with E-state index in [2.05, 4.69) is 34.3 Å². The predicted molar refractivity (Wildman–Crippen MR) is 57.4 cm³/mol. The molecule has 0 saturated carbocycles. The molecule has 0 heteroatoms. The van der Waals surface area contributed by atoms with Crippen LogP contribution in [0.2, 0.25) is 0 Å². The molecule has 0 heterocycles. The standard InChI is InChI=1S/C12H24/c1-6-9-12(8-3,10-7-2)11(4)5/h4,6-10H2,1-3,5H3. The maximum atomic E-state index is 4.14. The first-order valence-corrected chi connectivity index (χ1v) is 5.29. The van der Waals surface area contributed by atoms with Crippen LogP contribution in [0, 0.1) is 5.41 Å². The molecule has 0 spiro atoms. The van der Waals surface area contributed by atoms with Crippen LogP contribution in [-0.2, 0) is 0 Å². The first kappa shape index (κ1) is 11.7. The van der Waals surface area contributed by atoms with Crippen molar-refractivity contribution in [3.05, 3.63) is 12.2 Å². The molecular weight excluding hydrogens is 144 g/mol. The summed E-state index contributed by atoms with van der Waals surface area (Å²) in [6, 6.07) is 0. The smallest absolute Gasteiger partial charge is 0.00963 e. The third-order valence-corrected chi connectivity index (χ3v) is 3.04. The summed E-state index contributed by atoms with van der Waals surface area (Å²) in [7, 11) is 0. The highest BCUT2D eigenvalue weighted by Crippen LogP contribution is 2.39. The highest BCUT2D eigenvalue weighted by atomic mass is 14.3. The Labute approximate surface area is 78.1 Å². The van der Waals surface area contributed by atoms with Gasteiger partial charge in [-0.25, -0.2) is 0 Å². The number of allylic oxidation sites excluding steroid dienone is 1. The lowest BCUT2D eigenvalue weighted by molar-refractivity contribution is 0.282. The van der Waals surface area contributed by atoms with Gasteiger partial charge in [-0.05, 0) is 31.6 Å². The second-order valence-corrected chi connectivity index (χ2v) is 3.91. The molecule has 0 unspecified atom stereocenters. The third kappa shape index (κ3) is 2.66. The van der Waals surface area contributed by atoms with E-state index in [0.29, 0.717) is 5.41 Å². The monoisotopic (exact) mass is 168 g/mol. The van der Waals surface area contributed by atoms with Gasteiger partial charge in [0.1, 0.15) is 0 Å². The zero-order valence-corrected chi connectivity index (χ0v) is 9.24. The van der Waals surface area contributed by atoms with Crippen molar-refractivity contribution >= 4 is 0 Å².